The van der Waals surface area contributed by atoms with Crippen LogP contribution in [0.5, 0.6) is 0 Å². The van der Waals surface area contributed by atoms with Crippen LogP contribution in [-0.2, 0) is 32.2 Å². The van der Waals surface area contributed by atoms with Crippen LogP contribution in [0.4, 0.5) is 32.0 Å². The molecule has 0 spiro atoms. The number of hydrogen-bond donors (Lipinski definition) is 0. The molecule has 0 unspecified atom stereocenters. The second-order valence-corrected chi connectivity index (χ2v) is 9.29. The largest absolute Gasteiger partial charge is 0.435 e. The molecular weight excluding hydrogens is 555 g/mol. The van der Waals surface area contributed by atoms with Crippen LogP contribution in [0.25, 0.3) is 22.4 Å². The van der Waals surface area contributed by atoms with E-state index in [1.54, 1.807) is 30.3 Å². The minimum Gasteiger partial charge on any atom is -0.267 e. The average Bonchev–Trinajstić information content (AvgIpc) is 3.24. The van der Waals surface area contributed by atoms with Gasteiger partial charge in [0.1, 0.15) is 5.69 Å². The molecule has 1 heterocycles. The van der Waals surface area contributed by atoms with Gasteiger partial charge < -0.3 is 0 Å². The van der Waals surface area contributed by atoms with E-state index in [-0.39, 0.29) is 34.5 Å². The van der Waals surface area contributed by atoms with E-state index in [2.05, 4.69) is 10.3 Å². The number of nitroso groups, excluding NO2 is 1. The second-order valence-electron chi connectivity index (χ2n) is 8.44. The van der Waals surface area contributed by atoms with E-state index in [0.717, 1.165) is 28.4 Å². The third kappa shape index (κ3) is 5.71. The smallest absolute Gasteiger partial charge is 0.267 e. The molecule has 0 aliphatic heterocycles. The fourth-order valence-corrected chi connectivity index (χ4v) is 4.50. The number of nitrogens with zero attached hydrogens (tertiary/aromatic N) is 3. The van der Waals surface area contributed by atoms with E-state index in [4.69, 9.17) is 23.2 Å². The first-order valence-electron chi connectivity index (χ1n) is 11.0. The van der Waals surface area contributed by atoms with Crippen molar-refractivity contribution in [3.63, 3.8) is 0 Å². The lowest BCUT2D eigenvalue weighted by atomic mass is 9.90. The molecule has 0 aliphatic carbocycles. The van der Waals surface area contributed by atoms with Crippen molar-refractivity contribution >= 4 is 28.9 Å². The van der Waals surface area contributed by atoms with E-state index in [9.17, 15) is 31.2 Å². The highest BCUT2D eigenvalue weighted by Crippen LogP contribution is 2.45. The lowest BCUT2D eigenvalue weighted by molar-refractivity contribution is -0.141. The Morgan fingerprint density at radius 1 is 0.868 bits per heavy atom. The van der Waals surface area contributed by atoms with E-state index >= 15 is 0 Å². The van der Waals surface area contributed by atoms with E-state index < -0.39 is 28.6 Å². The molecule has 1 aromatic heterocycles. The molecular formula is C26H17Cl2F6N3O. The third-order valence-corrected chi connectivity index (χ3v) is 6.54. The fraction of sp³-hybridized carbons (Fsp3) is 0.192. The van der Waals surface area contributed by atoms with Crippen molar-refractivity contribution in [2.24, 2.45) is 12.2 Å². The highest BCUT2D eigenvalue weighted by Gasteiger charge is 2.36. The Morgan fingerprint density at radius 2 is 1.55 bits per heavy atom. The Balaban J connectivity index is 1.92. The summed E-state index contributed by atoms with van der Waals surface area (Å²) in [7, 11) is 1.26. The average molecular weight is 572 g/mol. The van der Waals surface area contributed by atoms with Gasteiger partial charge in [0.2, 0.25) is 0 Å². The SMILES string of the molecule is Cn1nc(C(F)(F)F)cc1-c1ccc(CCc2ccc(Cl)cc2)c(-c2ccc(Cl)c(C(F)(F)F)c2)c1N=O. The van der Waals surface area contributed by atoms with Crippen molar-refractivity contribution in [2.75, 3.05) is 0 Å². The predicted octanol–water partition coefficient (Wildman–Crippen LogP) is 9.28. The molecule has 0 bridgehead atoms. The normalized spacial score (nSPS) is 12.1. The maximum atomic E-state index is 13.6. The molecule has 0 radical (unpaired) electrons. The molecule has 4 nitrogen and oxygen atoms in total. The lowest BCUT2D eigenvalue weighted by Crippen LogP contribution is -2.06. The van der Waals surface area contributed by atoms with Crippen LogP contribution in [0.15, 0.2) is 65.8 Å². The van der Waals surface area contributed by atoms with Gasteiger partial charge in [-0.3, -0.25) is 4.68 Å². The quantitative estimate of drug-likeness (QED) is 0.171. The molecule has 0 N–H and O–H groups in total. The maximum absolute atomic E-state index is 13.6. The van der Waals surface area contributed by atoms with Gasteiger partial charge in [-0.15, -0.1) is 4.91 Å². The molecule has 0 amide bonds. The molecule has 0 atom stereocenters. The number of benzene rings is 3. The first kappa shape index (κ1) is 27.7. The zero-order chi connectivity index (χ0) is 27.8. The summed E-state index contributed by atoms with van der Waals surface area (Å²) in [6, 6.07) is 13.8. The van der Waals surface area contributed by atoms with Crippen molar-refractivity contribution < 1.29 is 26.3 Å². The predicted molar refractivity (Wildman–Crippen MR) is 133 cm³/mol. The monoisotopic (exact) mass is 571 g/mol. The minimum absolute atomic E-state index is 0.0116. The van der Waals surface area contributed by atoms with Crippen molar-refractivity contribution in [3.05, 3.63) is 98.0 Å². The van der Waals surface area contributed by atoms with Gasteiger partial charge >= 0.3 is 12.4 Å². The number of hydrogen-bond acceptors (Lipinski definition) is 3. The van der Waals surface area contributed by atoms with Crippen molar-refractivity contribution in [1.29, 1.82) is 0 Å². The molecule has 0 fully saturated rings. The molecule has 4 rings (SSSR count). The summed E-state index contributed by atoms with van der Waals surface area (Å²) < 4.78 is 81.7. The Bertz CT molecular complexity index is 1490. The van der Waals surface area contributed by atoms with Crippen molar-refractivity contribution in [3.8, 4) is 22.4 Å². The van der Waals surface area contributed by atoms with E-state index in [1.807, 2.05) is 0 Å². The summed E-state index contributed by atoms with van der Waals surface area (Å²) >= 11 is 11.7. The van der Waals surface area contributed by atoms with Gasteiger partial charge in [0, 0.05) is 23.2 Å². The molecule has 4 aromatic rings. The van der Waals surface area contributed by atoms with Gasteiger partial charge in [0.05, 0.1) is 16.3 Å². The molecule has 3 aromatic carbocycles. The summed E-state index contributed by atoms with van der Waals surface area (Å²) in [4.78, 5) is 12.2. The van der Waals surface area contributed by atoms with Crippen LogP contribution in [0.3, 0.4) is 0 Å². The lowest BCUT2D eigenvalue weighted by Gasteiger charge is -2.17. The minimum atomic E-state index is -4.79. The zero-order valence-corrected chi connectivity index (χ0v) is 21.0. The van der Waals surface area contributed by atoms with E-state index in [0.29, 0.717) is 17.0 Å². The summed E-state index contributed by atoms with van der Waals surface area (Å²) in [5.41, 5.74) is -1.34. The van der Waals surface area contributed by atoms with Gasteiger partial charge in [-0.05, 0) is 65.0 Å². The summed E-state index contributed by atoms with van der Waals surface area (Å²) in [6.45, 7) is 0. The van der Waals surface area contributed by atoms with Gasteiger partial charge in [-0.1, -0.05) is 53.5 Å². The van der Waals surface area contributed by atoms with Gasteiger partial charge in [-0.2, -0.15) is 31.4 Å². The molecule has 198 valence electrons. The molecule has 0 aliphatic rings. The number of alkyl halides is 6. The first-order chi connectivity index (χ1) is 17.8. The van der Waals surface area contributed by atoms with E-state index in [1.165, 1.54) is 19.2 Å². The molecule has 12 heteroatoms. The standard InChI is InChI=1S/C26H17Cl2F6N3O/c1-37-21(13-22(35-37)26(32,33)34)18-10-6-15(5-2-14-3-8-17(27)9-4-14)23(24(18)36-38)16-7-11-20(28)19(12-16)25(29,30)31/h3-4,6-13H,2,5H2,1H3. The van der Waals surface area contributed by atoms with Gasteiger partial charge in [-0.25, -0.2) is 0 Å². The number of halogens is 8. The molecule has 0 saturated heterocycles. The zero-order valence-electron chi connectivity index (χ0n) is 19.5. The van der Waals surface area contributed by atoms with Crippen LogP contribution >= 0.6 is 23.2 Å². The topological polar surface area (TPSA) is 47.2 Å². The number of aryl methyl sites for hydroxylation is 3. The summed E-state index contributed by atoms with van der Waals surface area (Å²) in [5, 5.41) is 6.53. The Morgan fingerprint density at radius 3 is 2.13 bits per heavy atom. The van der Waals surface area contributed by atoms with Crippen LogP contribution in [0.2, 0.25) is 10.0 Å². The maximum Gasteiger partial charge on any atom is 0.435 e. The van der Waals surface area contributed by atoms with Crippen LogP contribution in [0.1, 0.15) is 22.4 Å². The number of rotatable bonds is 6. The highest BCUT2D eigenvalue weighted by atomic mass is 35.5. The highest BCUT2D eigenvalue weighted by molar-refractivity contribution is 6.31. The first-order valence-corrected chi connectivity index (χ1v) is 11.8. The second kappa shape index (κ2) is 10.4. The fourth-order valence-electron chi connectivity index (χ4n) is 4.15. The van der Waals surface area contributed by atoms with Gasteiger partial charge in [0.25, 0.3) is 0 Å². The summed E-state index contributed by atoms with van der Waals surface area (Å²) in [6.07, 6.45) is -8.81. The molecule has 0 saturated carbocycles. The van der Waals surface area contributed by atoms with Crippen molar-refractivity contribution in [1.82, 2.24) is 9.78 Å². The van der Waals surface area contributed by atoms with Crippen LogP contribution in [-0.4, -0.2) is 9.78 Å². The Kier molecular flexibility index (Phi) is 7.58. The molecule has 38 heavy (non-hydrogen) atoms. The Hall–Kier alpha value is -3.37. The number of aromatic nitrogens is 2. The summed E-state index contributed by atoms with van der Waals surface area (Å²) in [5.74, 6) is 0. The third-order valence-electron chi connectivity index (χ3n) is 5.96. The van der Waals surface area contributed by atoms with Crippen molar-refractivity contribution in [2.45, 2.75) is 25.2 Å². The van der Waals surface area contributed by atoms with Crippen LogP contribution in [0, 0.1) is 4.91 Å². The van der Waals surface area contributed by atoms with Gasteiger partial charge in [0.15, 0.2) is 5.69 Å². The Labute approximate surface area is 222 Å². The van der Waals surface area contributed by atoms with Crippen LogP contribution < -0.4 is 0 Å².